The van der Waals surface area contributed by atoms with Crippen LogP contribution in [0.15, 0.2) is 48.5 Å². The van der Waals surface area contributed by atoms with Crippen LogP contribution in [0.3, 0.4) is 0 Å². The van der Waals surface area contributed by atoms with E-state index in [0.29, 0.717) is 17.9 Å². The molecule has 0 bridgehead atoms. The van der Waals surface area contributed by atoms with Crippen molar-refractivity contribution in [2.75, 3.05) is 14.2 Å². The highest BCUT2D eigenvalue weighted by Crippen LogP contribution is 2.16. The predicted octanol–water partition coefficient (Wildman–Crippen LogP) is 4.49. The third-order valence-electron chi connectivity index (χ3n) is 4.16. The van der Waals surface area contributed by atoms with E-state index in [1.54, 1.807) is 48.5 Å². The van der Waals surface area contributed by atoms with Crippen LogP contribution in [0.2, 0.25) is 0 Å². The van der Waals surface area contributed by atoms with E-state index >= 15 is 0 Å². The Labute approximate surface area is 175 Å². The quantitative estimate of drug-likeness (QED) is 0.216. The van der Waals surface area contributed by atoms with E-state index in [1.165, 1.54) is 14.2 Å². The lowest BCUT2D eigenvalue weighted by molar-refractivity contribution is -0.421. The molecule has 0 aliphatic heterocycles. The van der Waals surface area contributed by atoms with E-state index in [-0.39, 0.29) is 11.1 Å². The molecule has 0 spiro atoms. The molecule has 0 aromatic heterocycles. The van der Waals surface area contributed by atoms with Gasteiger partial charge in [-0.1, -0.05) is 19.8 Å². The summed E-state index contributed by atoms with van der Waals surface area (Å²) in [5.41, 5.74) is 0.552. The highest BCUT2D eigenvalue weighted by Gasteiger charge is 2.19. The normalized spacial score (nSPS) is 10.5. The summed E-state index contributed by atoms with van der Waals surface area (Å²) < 4.78 is 10.1. The van der Waals surface area contributed by atoms with Gasteiger partial charge < -0.3 is 9.47 Å². The molecule has 2 aromatic carbocycles. The van der Waals surface area contributed by atoms with Crippen LogP contribution in [0.5, 0.6) is 11.5 Å². The van der Waals surface area contributed by atoms with E-state index in [4.69, 9.17) is 29.0 Å². The van der Waals surface area contributed by atoms with Crippen LogP contribution in [-0.4, -0.2) is 32.4 Å². The summed E-state index contributed by atoms with van der Waals surface area (Å²) >= 11 is 0. The van der Waals surface area contributed by atoms with Crippen molar-refractivity contribution in [2.24, 2.45) is 0 Å². The Morgan fingerprint density at radius 2 is 1.17 bits per heavy atom. The maximum absolute atomic E-state index is 12.1. The molecule has 2 rings (SSSR count). The molecule has 0 N–H and O–H groups in total. The number of benzene rings is 2. The number of ether oxygens (including phenoxy) is 2. The van der Waals surface area contributed by atoms with Crippen molar-refractivity contribution in [3.8, 4) is 11.5 Å². The van der Waals surface area contributed by atoms with Crippen molar-refractivity contribution in [1.82, 2.24) is 0 Å². The van der Waals surface area contributed by atoms with Gasteiger partial charge in [0, 0.05) is 6.42 Å². The van der Waals surface area contributed by atoms with Gasteiger partial charge in [0.05, 0.1) is 25.3 Å². The van der Waals surface area contributed by atoms with Gasteiger partial charge in [-0.3, -0.25) is 9.78 Å². The van der Waals surface area contributed by atoms with Crippen molar-refractivity contribution >= 4 is 11.9 Å². The molecule has 0 atom stereocenters. The molecular formula is C22H26O8. The van der Waals surface area contributed by atoms with Crippen LogP contribution >= 0.6 is 0 Å². The zero-order chi connectivity index (χ0) is 21.8. The van der Waals surface area contributed by atoms with Crippen LogP contribution in [0, 0.1) is 0 Å². The highest BCUT2D eigenvalue weighted by molar-refractivity contribution is 5.89. The van der Waals surface area contributed by atoms with E-state index in [2.05, 4.69) is 0 Å². The molecule has 0 heterocycles. The molecule has 8 heteroatoms. The van der Waals surface area contributed by atoms with Gasteiger partial charge >= 0.3 is 11.9 Å². The van der Waals surface area contributed by atoms with E-state index in [1.807, 2.05) is 6.92 Å². The number of hydrogen-bond donors (Lipinski definition) is 0. The van der Waals surface area contributed by atoms with Gasteiger partial charge in [0.2, 0.25) is 6.29 Å². The molecule has 0 unspecified atom stereocenters. The van der Waals surface area contributed by atoms with Gasteiger partial charge in [-0.05, 0) is 55.0 Å². The molecule has 0 aliphatic carbocycles. The fraction of sp³-hybridized carbons (Fsp3) is 0.364. The topological polar surface area (TPSA) is 89.5 Å². The summed E-state index contributed by atoms with van der Waals surface area (Å²) in [5.74, 6) is -0.191. The van der Waals surface area contributed by atoms with E-state index in [0.717, 1.165) is 19.3 Å². The first-order valence-electron chi connectivity index (χ1n) is 9.60. The van der Waals surface area contributed by atoms with Crippen LogP contribution in [0.1, 0.15) is 53.3 Å². The molecule has 30 heavy (non-hydrogen) atoms. The zero-order valence-electron chi connectivity index (χ0n) is 17.3. The van der Waals surface area contributed by atoms with Crippen molar-refractivity contribution < 1.29 is 38.6 Å². The summed E-state index contributed by atoms with van der Waals surface area (Å²) in [7, 11) is 3.06. The molecule has 0 aliphatic rings. The summed E-state index contributed by atoms with van der Waals surface area (Å²) in [6, 6.07) is 12.7. The lowest BCUT2D eigenvalue weighted by atomic mass is 10.2. The number of unbranched alkanes of at least 4 members (excludes halogenated alkanes) is 2. The molecule has 0 radical (unpaired) electrons. The first-order valence-corrected chi connectivity index (χ1v) is 9.60. The van der Waals surface area contributed by atoms with Crippen molar-refractivity contribution in [3.63, 3.8) is 0 Å². The Balaban J connectivity index is 1.89. The number of rotatable bonds is 12. The minimum Gasteiger partial charge on any atom is -0.497 e. The smallest absolute Gasteiger partial charge is 0.373 e. The maximum Gasteiger partial charge on any atom is 0.373 e. The molecular weight excluding hydrogens is 392 g/mol. The standard InChI is InChI=1S/C22H26O8/c1-4-5-6-7-20(27-29-21(23)16-8-12-18(25-2)13-9-16)28-30-22(24)17-10-14-19(26-3)15-11-17/h8-15,20H,4-7H2,1-3H3. The maximum atomic E-state index is 12.1. The van der Waals surface area contributed by atoms with Gasteiger partial charge in [-0.2, -0.15) is 0 Å². The monoisotopic (exact) mass is 418 g/mol. The largest absolute Gasteiger partial charge is 0.497 e. The Hall–Kier alpha value is -3.10. The zero-order valence-corrected chi connectivity index (χ0v) is 17.3. The SMILES string of the molecule is CCCCCC(OOC(=O)c1ccc(OC)cc1)OOC(=O)c1ccc(OC)cc1. The van der Waals surface area contributed by atoms with Crippen molar-refractivity contribution in [3.05, 3.63) is 59.7 Å². The summed E-state index contributed by atoms with van der Waals surface area (Å²) in [5, 5.41) is 0. The van der Waals surface area contributed by atoms with Crippen molar-refractivity contribution in [1.29, 1.82) is 0 Å². The second-order valence-corrected chi connectivity index (χ2v) is 6.32. The third-order valence-corrected chi connectivity index (χ3v) is 4.16. The third kappa shape index (κ3) is 7.38. The van der Waals surface area contributed by atoms with Gasteiger partial charge in [0.25, 0.3) is 0 Å². The first kappa shape index (κ1) is 23.2. The Bertz CT molecular complexity index is 722. The molecule has 0 saturated carbocycles. The van der Waals surface area contributed by atoms with Gasteiger partial charge in [-0.15, -0.1) is 9.78 Å². The van der Waals surface area contributed by atoms with Gasteiger partial charge in [0.15, 0.2) is 0 Å². The van der Waals surface area contributed by atoms with E-state index < -0.39 is 18.2 Å². The number of carbonyl (C=O) groups is 2. The fourth-order valence-corrected chi connectivity index (χ4v) is 2.42. The molecule has 2 aromatic rings. The second kappa shape index (κ2) is 12.5. The molecule has 8 nitrogen and oxygen atoms in total. The average molecular weight is 418 g/mol. The predicted molar refractivity (Wildman–Crippen MR) is 107 cm³/mol. The van der Waals surface area contributed by atoms with Gasteiger partial charge in [-0.25, -0.2) is 9.59 Å². The minimum atomic E-state index is -1.05. The van der Waals surface area contributed by atoms with Crippen LogP contribution < -0.4 is 9.47 Å². The minimum absolute atomic E-state index is 0.276. The number of carbonyl (C=O) groups excluding carboxylic acids is 2. The first-order chi connectivity index (χ1) is 14.6. The van der Waals surface area contributed by atoms with E-state index in [9.17, 15) is 9.59 Å². The fourth-order valence-electron chi connectivity index (χ4n) is 2.42. The Kier molecular flexibility index (Phi) is 9.63. The lowest BCUT2D eigenvalue weighted by Crippen LogP contribution is -2.22. The molecule has 0 amide bonds. The van der Waals surface area contributed by atoms with Gasteiger partial charge in [0.1, 0.15) is 11.5 Å². The summed E-state index contributed by atoms with van der Waals surface area (Å²) in [6.07, 6.45) is 1.95. The summed E-state index contributed by atoms with van der Waals surface area (Å²) in [4.78, 5) is 44.1. The number of hydrogen-bond acceptors (Lipinski definition) is 8. The van der Waals surface area contributed by atoms with Crippen molar-refractivity contribution in [2.45, 2.75) is 38.9 Å². The van der Waals surface area contributed by atoms with Crippen LogP contribution in [-0.2, 0) is 19.6 Å². The molecule has 0 fully saturated rings. The summed E-state index contributed by atoms with van der Waals surface area (Å²) in [6.45, 7) is 2.05. The second-order valence-electron chi connectivity index (χ2n) is 6.32. The van der Waals surface area contributed by atoms with Crippen LogP contribution in [0.25, 0.3) is 0 Å². The average Bonchev–Trinajstić information content (AvgIpc) is 2.80. The Morgan fingerprint density at radius 3 is 1.53 bits per heavy atom. The molecule has 162 valence electrons. The lowest BCUT2D eigenvalue weighted by Gasteiger charge is -2.15. The van der Waals surface area contributed by atoms with Crippen LogP contribution in [0.4, 0.5) is 0 Å². The Morgan fingerprint density at radius 1 is 0.733 bits per heavy atom. The molecule has 0 saturated heterocycles. The number of methoxy groups -OCH3 is 2. The highest BCUT2D eigenvalue weighted by atomic mass is 17.3.